The van der Waals surface area contributed by atoms with E-state index in [1.165, 1.54) is 11.1 Å². The van der Waals surface area contributed by atoms with Crippen LogP contribution in [0, 0.1) is 12.8 Å². The number of aryl methyl sites for hydroxylation is 1. The quantitative estimate of drug-likeness (QED) is 0.819. The second-order valence-electron chi connectivity index (χ2n) is 4.23. The molecule has 0 spiro atoms. The number of rotatable bonds is 3. The summed E-state index contributed by atoms with van der Waals surface area (Å²) in [6, 6.07) is 7.51. The van der Waals surface area contributed by atoms with Crippen molar-refractivity contribution in [2.45, 2.75) is 32.7 Å². The lowest BCUT2D eigenvalue weighted by atomic mass is 10.1. The maximum absolute atomic E-state index is 10.0. The van der Waals surface area contributed by atoms with Gasteiger partial charge in [0.05, 0.1) is 0 Å². The summed E-state index contributed by atoms with van der Waals surface area (Å²) in [4.78, 5) is 10.0. The number of carboxylic acid groups (broad SMARTS) is 1. The second-order valence-corrected chi connectivity index (χ2v) is 4.49. The van der Waals surface area contributed by atoms with Gasteiger partial charge >= 0.3 is 5.97 Å². The van der Waals surface area contributed by atoms with E-state index in [1.807, 2.05) is 12.1 Å². The maximum Gasteiger partial charge on any atom is 0.320 e. The van der Waals surface area contributed by atoms with Gasteiger partial charge in [0.25, 0.3) is 0 Å². The lowest BCUT2D eigenvalue weighted by Crippen LogP contribution is -2.34. The molecule has 0 aliphatic heterocycles. The third kappa shape index (κ3) is 6.97. The van der Waals surface area contributed by atoms with Crippen molar-refractivity contribution in [3.05, 3.63) is 35.4 Å². The number of aliphatic carboxylic acids is 1. The molecule has 0 saturated heterocycles. The SMILES string of the molecule is CC(C)[C@H](N)C(=O)O.Cc1ccc(CCl)cc1. The normalized spacial score (nSPS) is 11.6. The first-order valence-electron chi connectivity index (χ1n) is 5.48. The van der Waals surface area contributed by atoms with Crippen molar-refractivity contribution in [2.24, 2.45) is 11.7 Å². The summed E-state index contributed by atoms with van der Waals surface area (Å²) in [5, 5.41) is 8.23. The van der Waals surface area contributed by atoms with Crippen LogP contribution in [-0.4, -0.2) is 17.1 Å². The third-order valence-electron chi connectivity index (χ3n) is 2.28. The number of carbonyl (C=O) groups is 1. The molecule has 0 aliphatic rings. The zero-order valence-electron chi connectivity index (χ0n) is 10.5. The molecule has 1 rings (SSSR count). The molecule has 1 atom stereocenters. The molecule has 1 aromatic rings. The highest BCUT2D eigenvalue weighted by molar-refractivity contribution is 6.17. The Kier molecular flexibility index (Phi) is 7.59. The molecule has 0 unspecified atom stereocenters. The molecular weight excluding hydrogens is 238 g/mol. The van der Waals surface area contributed by atoms with Crippen molar-refractivity contribution in [3.63, 3.8) is 0 Å². The Hall–Kier alpha value is -1.06. The molecule has 0 amide bonds. The monoisotopic (exact) mass is 257 g/mol. The Balaban J connectivity index is 0.000000304. The van der Waals surface area contributed by atoms with E-state index in [0.29, 0.717) is 5.88 Å². The average molecular weight is 258 g/mol. The van der Waals surface area contributed by atoms with Crippen molar-refractivity contribution in [2.75, 3.05) is 0 Å². The number of alkyl halides is 1. The predicted molar refractivity (Wildman–Crippen MR) is 71.2 cm³/mol. The van der Waals surface area contributed by atoms with Crippen molar-refractivity contribution in [3.8, 4) is 0 Å². The van der Waals surface area contributed by atoms with E-state index in [4.69, 9.17) is 22.4 Å². The number of carboxylic acids is 1. The summed E-state index contributed by atoms with van der Waals surface area (Å²) in [5.74, 6) is -0.298. The van der Waals surface area contributed by atoms with E-state index in [1.54, 1.807) is 13.8 Å². The van der Waals surface area contributed by atoms with Gasteiger partial charge in [0.2, 0.25) is 0 Å². The average Bonchev–Trinajstić information content (AvgIpc) is 2.29. The van der Waals surface area contributed by atoms with Crippen LogP contribution in [0.2, 0.25) is 0 Å². The molecule has 0 saturated carbocycles. The fourth-order valence-corrected chi connectivity index (χ4v) is 1.14. The van der Waals surface area contributed by atoms with Crippen molar-refractivity contribution in [1.29, 1.82) is 0 Å². The molecule has 0 radical (unpaired) electrons. The zero-order chi connectivity index (χ0) is 13.4. The van der Waals surface area contributed by atoms with Crippen LogP contribution in [0.15, 0.2) is 24.3 Å². The van der Waals surface area contributed by atoms with Gasteiger partial charge in [-0.2, -0.15) is 0 Å². The molecule has 96 valence electrons. The van der Waals surface area contributed by atoms with Gasteiger partial charge in [-0.25, -0.2) is 0 Å². The minimum absolute atomic E-state index is 0.0208. The molecule has 17 heavy (non-hydrogen) atoms. The topological polar surface area (TPSA) is 63.3 Å². The first-order chi connectivity index (χ1) is 7.88. The molecule has 0 bridgehead atoms. The number of halogens is 1. The molecule has 3 nitrogen and oxygen atoms in total. The largest absolute Gasteiger partial charge is 0.480 e. The minimum Gasteiger partial charge on any atom is -0.480 e. The fourth-order valence-electron chi connectivity index (χ4n) is 0.962. The summed E-state index contributed by atoms with van der Waals surface area (Å²) in [6.45, 7) is 5.62. The molecule has 4 heteroatoms. The van der Waals surface area contributed by atoms with Crippen LogP contribution < -0.4 is 5.73 Å². The summed E-state index contributed by atoms with van der Waals surface area (Å²) < 4.78 is 0. The van der Waals surface area contributed by atoms with Crippen LogP contribution in [0.4, 0.5) is 0 Å². The van der Waals surface area contributed by atoms with Crippen molar-refractivity contribution >= 4 is 17.6 Å². The molecular formula is C13H20ClNO2. The first kappa shape index (κ1) is 15.9. The first-order valence-corrected chi connectivity index (χ1v) is 6.01. The Labute approximate surface area is 108 Å². The molecule has 1 aromatic carbocycles. The smallest absolute Gasteiger partial charge is 0.320 e. The number of hydrogen-bond donors (Lipinski definition) is 2. The van der Waals surface area contributed by atoms with E-state index in [0.717, 1.165) is 0 Å². The van der Waals surface area contributed by atoms with Crippen LogP contribution in [-0.2, 0) is 10.7 Å². The lowest BCUT2D eigenvalue weighted by molar-refractivity contribution is -0.139. The van der Waals surface area contributed by atoms with Crippen LogP contribution in [0.25, 0.3) is 0 Å². The molecule has 3 N–H and O–H groups in total. The van der Waals surface area contributed by atoms with Gasteiger partial charge in [0.15, 0.2) is 0 Å². The lowest BCUT2D eigenvalue weighted by Gasteiger charge is -2.07. The molecule has 0 heterocycles. The number of nitrogens with two attached hydrogens (primary N) is 1. The van der Waals surface area contributed by atoms with E-state index >= 15 is 0 Å². The highest BCUT2D eigenvalue weighted by Crippen LogP contribution is 2.04. The highest BCUT2D eigenvalue weighted by Gasteiger charge is 2.14. The van der Waals surface area contributed by atoms with Crippen LogP contribution >= 0.6 is 11.6 Å². The minimum atomic E-state index is -0.931. The summed E-state index contributed by atoms with van der Waals surface area (Å²) >= 11 is 5.58. The van der Waals surface area contributed by atoms with E-state index in [9.17, 15) is 4.79 Å². The van der Waals surface area contributed by atoms with Gasteiger partial charge < -0.3 is 10.8 Å². The molecule has 0 aliphatic carbocycles. The van der Waals surface area contributed by atoms with E-state index in [2.05, 4.69) is 19.1 Å². The second kappa shape index (κ2) is 8.09. The van der Waals surface area contributed by atoms with E-state index in [-0.39, 0.29) is 5.92 Å². The van der Waals surface area contributed by atoms with Gasteiger partial charge in [0, 0.05) is 5.88 Å². The third-order valence-corrected chi connectivity index (χ3v) is 2.59. The summed E-state index contributed by atoms with van der Waals surface area (Å²) in [6.07, 6.45) is 0. The van der Waals surface area contributed by atoms with Crippen molar-refractivity contribution < 1.29 is 9.90 Å². The van der Waals surface area contributed by atoms with Crippen LogP contribution in [0.5, 0.6) is 0 Å². The maximum atomic E-state index is 10.0. The van der Waals surface area contributed by atoms with Gasteiger partial charge in [0.1, 0.15) is 6.04 Å². The van der Waals surface area contributed by atoms with E-state index < -0.39 is 12.0 Å². The molecule has 0 fully saturated rings. The summed E-state index contributed by atoms with van der Waals surface area (Å²) in [5.41, 5.74) is 7.62. The fraction of sp³-hybridized carbons (Fsp3) is 0.462. The predicted octanol–water partition coefficient (Wildman–Crippen LogP) is 2.79. The van der Waals surface area contributed by atoms with Crippen LogP contribution in [0.3, 0.4) is 0 Å². The Morgan fingerprint density at radius 2 is 1.82 bits per heavy atom. The van der Waals surface area contributed by atoms with Crippen LogP contribution in [0.1, 0.15) is 25.0 Å². The van der Waals surface area contributed by atoms with Gasteiger partial charge in [-0.05, 0) is 18.4 Å². The Morgan fingerprint density at radius 1 is 1.35 bits per heavy atom. The standard InChI is InChI=1S/C8H9Cl.C5H11NO2/c1-7-2-4-8(6-9)5-3-7;1-3(2)4(6)5(7)8/h2-5H,6H2,1H3;3-4H,6H2,1-2H3,(H,7,8)/t;4-/m.0/s1. The van der Waals surface area contributed by atoms with Gasteiger partial charge in [-0.15, -0.1) is 11.6 Å². The Bertz CT molecular complexity index is 336. The van der Waals surface area contributed by atoms with Crippen molar-refractivity contribution in [1.82, 2.24) is 0 Å². The number of benzene rings is 1. The van der Waals surface area contributed by atoms with Gasteiger partial charge in [-0.1, -0.05) is 43.7 Å². The molecule has 0 aromatic heterocycles. The summed E-state index contributed by atoms with van der Waals surface area (Å²) in [7, 11) is 0. The number of hydrogen-bond acceptors (Lipinski definition) is 2. The zero-order valence-corrected chi connectivity index (χ0v) is 11.2. The van der Waals surface area contributed by atoms with Gasteiger partial charge in [-0.3, -0.25) is 4.79 Å². The Morgan fingerprint density at radius 3 is 2.06 bits per heavy atom. The highest BCUT2D eigenvalue weighted by atomic mass is 35.5.